The van der Waals surface area contributed by atoms with Gasteiger partial charge in [0.25, 0.3) is 5.91 Å². The molecular formula is C20H16F3N3O4S. The minimum Gasteiger partial charge on any atom is -0.439 e. The fraction of sp³-hybridized carbons (Fsp3) is 0.250. The van der Waals surface area contributed by atoms with Crippen LogP contribution in [0.3, 0.4) is 0 Å². The number of hydrogen-bond donors (Lipinski definition) is 1. The van der Waals surface area contributed by atoms with E-state index >= 15 is 0 Å². The van der Waals surface area contributed by atoms with Crippen LogP contribution in [0.5, 0.6) is 11.6 Å². The van der Waals surface area contributed by atoms with Crippen LogP contribution in [0.2, 0.25) is 0 Å². The van der Waals surface area contributed by atoms with Crippen LogP contribution in [0, 0.1) is 0 Å². The molecule has 1 unspecified atom stereocenters. The van der Waals surface area contributed by atoms with Crippen molar-refractivity contribution in [1.29, 1.82) is 0 Å². The van der Waals surface area contributed by atoms with E-state index < -0.39 is 33.5 Å². The Balaban J connectivity index is 1.47. The van der Waals surface area contributed by atoms with Crippen LogP contribution in [-0.2, 0) is 16.0 Å². The Bertz CT molecular complexity index is 1240. The molecule has 0 aliphatic carbocycles. The molecule has 4 rings (SSSR count). The topological polar surface area (TPSA) is 98.2 Å². The third-order valence-corrected chi connectivity index (χ3v) is 6.51. The number of aromatic nitrogens is 2. The van der Waals surface area contributed by atoms with Crippen molar-refractivity contribution < 1.29 is 31.1 Å². The summed E-state index contributed by atoms with van der Waals surface area (Å²) >= 11 is 0. The Kier molecular flexibility index (Phi) is 5.29. The van der Waals surface area contributed by atoms with Crippen LogP contribution >= 0.6 is 0 Å². The van der Waals surface area contributed by atoms with Gasteiger partial charge in [0.15, 0.2) is 9.84 Å². The lowest BCUT2D eigenvalue weighted by Gasteiger charge is -2.11. The zero-order valence-electron chi connectivity index (χ0n) is 15.9. The van der Waals surface area contributed by atoms with E-state index in [9.17, 15) is 26.4 Å². The Labute approximate surface area is 175 Å². The van der Waals surface area contributed by atoms with Gasteiger partial charge in [-0.25, -0.2) is 18.4 Å². The van der Waals surface area contributed by atoms with E-state index in [-0.39, 0.29) is 23.1 Å². The number of fused-ring (bicyclic) bond motifs is 1. The molecule has 1 aliphatic rings. The molecule has 2 aromatic heterocycles. The second-order valence-corrected chi connectivity index (χ2v) is 9.34. The van der Waals surface area contributed by atoms with Gasteiger partial charge in [0.1, 0.15) is 11.4 Å². The fourth-order valence-corrected chi connectivity index (χ4v) is 4.86. The molecule has 0 bridgehead atoms. The average molecular weight is 451 g/mol. The number of benzene rings is 1. The quantitative estimate of drug-likeness (QED) is 0.653. The molecule has 1 amide bonds. The van der Waals surface area contributed by atoms with Gasteiger partial charge in [0, 0.05) is 23.7 Å². The molecule has 0 spiro atoms. The first-order valence-corrected chi connectivity index (χ1v) is 11.0. The molecule has 3 heterocycles. The Hall–Kier alpha value is -3.21. The van der Waals surface area contributed by atoms with Gasteiger partial charge in [0.2, 0.25) is 5.88 Å². The standard InChI is InChI=1S/C20H16F3N3O4S/c21-20(22,23)13-2-6-18(24-10-13)30-15-3-5-16-12(9-15)1-4-17(26-16)19(27)25-14-7-8-31(28,29)11-14/h1-6,9-10,14H,7-8,11H2,(H,25,27). The second-order valence-electron chi connectivity index (χ2n) is 7.11. The van der Waals surface area contributed by atoms with Crippen molar-refractivity contribution in [3.05, 3.63) is 59.9 Å². The number of pyridine rings is 2. The first kappa shape index (κ1) is 21.0. The van der Waals surface area contributed by atoms with Gasteiger partial charge >= 0.3 is 6.18 Å². The van der Waals surface area contributed by atoms with E-state index in [1.54, 1.807) is 24.3 Å². The van der Waals surface area contributed by atoms with Gasteiger partial charge in [0.05, 0.1) is 22.6 Å². The molecule has 7 nitrogen and oxygen atoms in total. The lowest BCUT2D eigenvalue weighted by atomic mass is 10.2. The van der Waals surface area contributed by atoms with Crippen molar-refractivity contribution in [3.63, 3.8) is 0 Å². The number of amides is 1. The summed E-state index contributed by atoms with van der Waals surface area (Å²) in [6.45, 7) is 0. The number of hydrogen-bond acceptors (Lipinski definition) is 6. The largest absolute Gasteiger partial charge is 0.439 e. The van der Waals surface area contributed by atoms with Crippen LogP contribution in [-0.4, -0.2) is 41.8 Å². The summed E-state index contributed by atoms with van der Waals surface area (Å²) in [6.07, 6.45) is -3.41. The summed E-state index contributed by atoms with van der Waals surface area (Å²) in [6, 6.07) is 9.50. The maximum absolute atomic E-state index is 12.6. The molecule has 3 aromatic rings. The lowest BCUT2D eigenvalue weighted by molar-refractivity contribution is -0.137. The number of nitrogens with zero attached hydrogens (tertiary/aromatic N) is 2. The van der Waals surface area contributed by atoms with Crippen molar-refractivity contribution in [2.24, 2.45) is 0 Å². The molecule has 1 saturated heterocycles. The number of carbonyl (C=O) groups excluding carboxylic acids is 1. The zero-order chi connectivity index (χ0) is 22.2. The normalized spacial score (nSPS) is 18.1. The number of alkyl halides is 3. The van der Waals surface area contributed by atoms with E-state index in [4.69, 9.17) is 4.74 Å². The van der Waals surface area contributed by atoms with E-state index in [1.165, 1.54) is 6.07 Å². The molecule has 1 fully saturated rings. The maximum atomic E-state index is 12.6. The number of sulfone groups is 1. The van der Waals surface area contributed by atoms with Gasteiger partial charge in [-0.3, -0.25) is 4.79 Å². The Morgan fingerprint density at radius 3 is 2.58 bits per heavy atom. The number of carbonyl (C=O) groups is 1. The highest BCUT2D eigenvalue weighted by atomic mass is 32.2. The van der Waals surface area contributed by atoms with E-state index in [1.807, 2.05) is 0 Å². The summed E-state index contributed by atoms with van der Waals surface area (Å²) in [5.74, 6) is -0.138. The summed E-state index contributed by atoms with van der Waals surface area (Å²) in [5.41, 5.74) is -0.224. The summed E-state index contributed by atoms with van der Waals surface area (Å²) in [7, 11) is -3.11. The molecule has 0 saturated carbocycles. The highest BCUT2D eigenvalue weighted by molar-refractivity contribution is 7.91. The smallest absolute Gasteiger partial charge is 0.417 e. The monoisotopic (exact) mass is 451 g/mol. The van der Waals surface area contributed by atoms with Crippen LogP contribution in [0.15, 0.2) is 48.7 Å². The Morgan fingerprint density at radius 2 is 1.94 bits per heavy atom. The van der Waals surface area contributed by atoms with Crippen LogP contribution < -0.4 is 10.1 Å². The van der Waals surface area contributed by atoms with Crippen LogP contribution in [0.1, 0.15) is 22.5 Å². The number of ether oxygens (including phenoxy) is 1. The molecule has 1 aromatic carbocycles. The van der Waals surface area contributed by atoms with Crippen molar-refractivity contribution in [2.45, 2.75) is 18.6 Å². The molecule has 0 radical (unpaired) electrons. The molecular weight excluding hydrogens is 435 g/mol. The average Bonchev–Trinajstić information content (AvgIpc) is 3.05. The maximum Gasteiger partial charge on any atom is 0.417 e. The van der Waals surface area contributed by atoms with Gasteiger partial charge < -0.3 is 10.1 Å². The van der Waals surface area contributed by atoms with Crippen molar-refractivity contribution >= 4 is 26.6 Å². The minimum absolute atomic E-state index is 0.00261. The molecule has 1 aliphatic heterocycles. The van der Waals surface area contributed by atoms with E-state index in [0.29, 0.717) is 29.3 Å². The van der Waals surface area contributed by atoms with Crippen molar-refractivity contribution in [1.82, 2.24) is 15.3 Å². The Morgan fingerprint density at radius 1 is 1.13 bits per heavy atom. The third-order valence-electron chi connectivity index (χ3n) is 4.75. The van der Waals surface area contributed by atoms with E-state index in [2.05, 4.69) is 15.3 Å². The highest BCUT2D eigenvalue weighted by Crippen LogP contribution is 2.30. The van der Waals surface area contributed by atoms with E-state index in [0.717, 1.165) is 12.1 Å². The third kappa shape index (κ3) is 4.93. The first-order chi connectivity index (χ1) is 14.6. The fourth-order valence-electron chi connectivity index (χ4n) is 3.19. The minimum atomic E-state index is -4.48. The molecule has 31 heavy (non-hydrogen) atoms. The first-order valence-electron chi connectivity index (χ1n) is 9.22. The number of rotatable bonds is 4. The van der Waals surface area contributed by atoms with Crippen molar-refractivity contribution in [2.75, 3.05) is 11.5 Å². The molecule has 1 atom stereocenters. The number of halogens is 3. The van der Waals surface area contributed by atoms with Gasteiger partial charge in [-0.05, 0) is 36.8 Å². The van der Waals surface area contributed by atoms with Crippen molar-refractivity contribution in [3.8, 4) is 11.6 Å². The summed E-state index contributed by atoms with van der Waals surface area (Å²) in [5, 5.41) is 3.32. The van der Waals surface area contributed by atoms with Crippen LogP contribution in [0.4, 0.5) is 13.2 Å². The summed E-state index contributed by atoms with van der Waals surface area (Å²) < 4.78 is 66.4. The van der Waals surface area contributed by atoms with Crippen LogP contribution in [0.25, 0.3) is 10.9 Å². The second kappa shape index (κ2) is 7.80. The molecule has 11 heteroatoms. The summed E-state index contributed by atoms with van der Waals surface area (Å²) in [4.78, 5) is 20.3. The van der Waals surface area contributed by atoms with Gasteiger partial charge in [-0.15, -0.1) is 0 Å². The van der Waals surface area contributed by atoms with Gasteiger partial charge in [-0.1, -0.05) is 6.07 Å². The predicted octanol–water partition coefficient (Wildman–Crippen LogP) is 3.36. The SMILES string of the molecule is O=C(NC1CCS(=O)(=O)C1)c1ccc2cc(Oc3ccc(C(F)(F)F)cn3)ccc2n1. The molecule has 162 valence electrons. The molecule has 1 N–H and O–H groups in total. The van der Waals surface area contributed by atoms with Gasteiger partial charge in [-0.2, -0.15) is 13.2 Å². The lowest BCUT2D eigenvalue weighted by Crippen LogP contribution is -2.36. The highest BCUT2D eigenvalue weighted by Gasteiger charge is 2.31. The zero-order valence-corrected chi connectivity index (χ0v) is 16.7. The predicted molar refractivity (Wildman–Crippen MR) is 106 cm³/mol. The number of nitrogens with one attached hydrogen (secondary N) is 1.